The molecule has 3 rings (SSSR count). The van der Waals surface area contributed by atoms with Gasteiger partial charge in [-0.1, -0.05) is 6.07 Å². The van der Waals surface area contributed by atoms with E-state index in [0.29, 0.717) is 0 Å². The van der Waals surface area contributed by atoms with Crippen LogP contribution in [0.1, 0.15) is 60.3 Å². The maximum atomic E-state index is 6.19. The zero-order valence-electron chi connectivity index (χ0n) is 16.3. The van der Waals surface area contributed by atoms with Gasteiger partial charge in [0.15, 0.2) is 0 Å². The van der Waals surface area contributed by atoms with Crippen molar-refractivity contribution in [3.05, 3.63) is 10.9 Å². The van der Waals surface area contributed by atoms with E-state index < -0.39 is 0 Å². The van der Waals surface area contributed by atoms with Gasteiger partial charge in [-0.2, -0.15) is 11.3 Å². The van der Waals surface area contributed by atoms with Crippen LogP contribution in [0.25, 0.3) is 0 Å². The van der Waals surface area contributed by atoms with Crippen molar-refractivity contribution in [2.24, 2.45) is 0 Å². The molecule has 2 aliphatic rings. The second-order valence-corrected chi connectivity index (χ2v) is 10.1. The summed E-state index contributed by atoms with van der Waals surface area (Å²) in [6.07, 6.45) is 0. The molecule has 24 heavy (non-hydrogen) atoms. The van der Waals surface area contributed by atoms with Gasteiger partial charge in [0, 0.05) is 9.65 Å². The van der Waals surface area contributed by atoms with Crippen molar-refractivity contribution in [3.63, 3.8) is 0 Å². The molecule has 0 spiro atoms. The Balaban J connectivity index is 1.85. The summed E-state index contributed by atoms with van der Waals surface area (Å²) in [5.74, 6) is 0. The highest BCUT2D eigenvalue weighted by molar-refractivity contribution is 7.23. The summed E-state index contributed by atoms with van der Waals surface area (Å²) in [6, 6.07) is 2.12. The lowest BCUT2D eigenvalue weighted by Crippen LogP contribution is -2.41. The molecular formula is C17H28B2O4S. The molecule has 7 heteroatoms. The van der Waals surface area contributed by atoms with Gasteiger partial charge < -0.3 is 18.6 Å². The molecule has 2 fully saturated rings. The van der Waals surface area contributed by atoms with Gasteiger partial charge in [0.25, 0.3) is 0 Å². The molecule has 0 radical (unpaired) electrons. The monoisotopic (exact) mass is 350 g/mol. The molecule has 2 saturated heterocycles. The fraction of sp³-hybridized carbons (Fsp3) is 0.765. The normalized spacial score (nSPS) is 27.0. The fourth-order valence-electron chi connectivity index (χ4n) is 2.80. The van der Waals surface area contributed by atoms with Gasteiger partial charge in [0.05, 0.1) is 22.4 Å². The van der Waals surface area contributed by atoms with Crippen LogP contribution < -0.4 is 10.2 Å². The van der Waals surface area contributed by atoms with Crippen LogP contribution in [0, 0.1) is 6.92 Å². The van der Waals surface area contributed by atoms with Crippen LogP contribution in [-0.2, 0) is 18.6 Å². The minimum Gasteiger partial charge on any atom is -0.399 e. The molecule has 4 nitrogen and oxygen atoms in total. The first-order valence-corrected chi connectivity index (χ1v) is 9.39. The van der Waals surface area contributed by atoms with Gasteiger partial charge in [-0.3, -0.25) is 0 Å². The van der Waals surface area contributed by atoms with Crippen molar-refractivity contribution in [1.29, 1.82) is 0 Å². The van der Waals surface area contributed by atoms with Crippen molar-refractivity contribution in [2.75, 3.05) is 0 Å². The molecule has 2 aliphatic heterocycles. The smallest absolute Gasteiger partial charge is 0.399 e. The van der Waals surface area contributed by atoms with E-state index in [1.54, 1.807) is 11.3 Å². The van der Waals surface area contributed by atoms with Crippen LogP contribution in [-0.4, -0.2) is 36.6 Å². The molecule has 0 atom stereocenters. The lowest BCUT2D eigenvalue weighted by molar-refractivity contribution is 0.00578. The van der Waals surface area contributed by atoms with Gasteiger partial charge in [0.2, 0.25) is 0 Å². The standard InChI is InChI=1S/C17H28B2O4S/c1-11-12(18-20-14(2,3)15(4,5)21-18)10-13(24-11)19-22-16(6,7)17(8,9)23-19/h10H,1-9H3. The zero-order valence-corrected chi connectivity index (χ0v) is 17.1. The highest BCUT2D eigenvalue weighted by atomic mass is 32.1. The van der Waals surface area contributed by atoms with E-state index in [4.69, 9.17) is 18.6 Å². The third-order valence-corrected chi connectivity index (χ3v) is 7.06. The van der Waals surface area contributed by atoms with Gasteiger partial charge in [-0.05, 0) is 67.8 Å². The van der Waals surface area contributed by atoms with Crippen molar-refractivity contribution >= 4 is 35.8 Å². The minimum atomic E-state index is -0.345. The van der Waals surface area contributed by atoms with E-state index in [0.717, 1.165) is 10.2 Å². The highest BCUT2D eigenvalue weighted by Crippen LogP contribution is 2.38. The van der Waals surface area contributed by atoms with E-state index in [1.807, 2.05) is 0 Å². The lowest BCUT2D eigenvalue weighted by Gasteiger charge is -2.32. The van der Waals surface area contributed by atoms with E-state index in [-0.39, 0.29) is 36.6 Å². The predicted molar refractivity (Wildman–Crippen MR) is 100 cm³/mol. The van der Waals surface area contributed by atoms with Crippen LogP contribution in [0.4, 0.5) is 0 Å². The highest BCUT2D eigenvalue weighted by Gasteiger charge is 2.54. The Morgan fingerprint density at radius 3 is 1.50 bits per heavy atom. The SMILES string of the molecule is Cc1sc(B2OC(C)(C)C(C)(C)O2)cc1B1OC(C)(C)C(C)(C)O1. The topological polar surface area (TPSA) is 36.9 Å². The molecule has 3 heterocycles. The Bertz CT molecular complexity index is 619. The van der Waals surface area contributed by atoms with E-state index in [1.165, 1.54) is 4.88 Å². The van der Waals surface area contributed by atoms with Crippen LogP contribution in [0.5, 0.6) is 0 Å². The number of hydrogen-bond donors (Lipinski definition) is 0. The second-order valence-electron chi connectivity index (χ2n) is 8.84. The van der Waals surface area contributed by atoms with E-state index >= 15 is 0 Å². The van der Waals surface area contributed by atoms with Crippen LogP contribution in [0.2, 0.25) is 0 Å². The third-order valence-electron chi connectivity index (χ3n) is 5.97. The molecule has 0 N–H and O–H groups in total. The van der Waals surface area contributed by atoms with Crippen molar-refractivity contribution in [1.82, 2.24) is 0 Å². The maximum absolute atomic E-state index is 6.19. The number of hydrogen-bond acceptors (Lipinski definition) is 5. The summed E-state index contributed by atoms with van der Waals surface area (Å²) in [5, 5.41) is 0. The molecule has 0 unspecified atom stereocenters. The predicted octanol–water partition coefficient (Wildman–Crippen LogP) is 2.65. The molecule has 0 saturated carbocycles. The van der Waals surface area contributed by atoms with Crippen molar-refractivity contribution < 1.29 is 18.6 Å². The molecule has 0 aliphatic carbocycles. The quantitative estimate of drug-likeness (QED) is 0.769. The summed E-state index contributed by atoms with van der Waals surface area (Å²) < 4.78 is 25.8. The van der Waals surface area contributed by atoms with Gasteiger partial charge in [-0.15, -0.1) is 0 Å². The first-order chi connectivity index (χ1) is 10.8. The van der Waals surface area contributed by atoms with Gasteiger partial charge in [-0.25, -0.2) is 0 Å². The summed E-state index contributed by atoms with van der Waals surface area (Å²) in [7, 11) is -0.683. The Morgan fingerprint density at radius 1 is 0.708 bits per heavy atom. The first-order valence-electron chi connectivity index (χ1n) is 8.57. The molecular weight excluding hydrogens is 322 g/mol. The first kappa shape index (κ1) is 18.5. The number of thiophene rings is 1. The molecule has 132 valence electrons. The van der Waals surface area contributed by atoms with Crippen LogP contribution in [0.3, 0.4) is 0 Å². The molecule has 1 aromatic heterocycles. The average Bonchev–Trinajstić information content (AvgIpc) is 2.93. The van der Waals surface area contributed by atoms with E-state index in [9.17, 15) is 0 Å². The Kier molecular flexibility index (Phi) is 4.10. The Hall–Kier alpha value is -0.330. The summed E-state index contributed by atoms with van der Waals surface area (Å²) >= 11 is 1.69. The average molecular weight is 350 g/mol. The second kappa shape index (κ2) is 5.33. The molecule has 1 aromatic rings. The van der Waals surface area contributed by atoms with Crippen molar-refractivity contribution in [2.45, 2.75) is 84.7 Å². The third kappa shape index (κ3) is 2.78. The van der Waals surface area contributed by atoms with Gasteiger partial charge >= 0.3 is 14.2 Å². The summed E-state index contributed by atoms with van der Waals surface area (Å²) in [4.78, 5) is 1.18. The maximum Gasteiger partial charge on any atom is 0.505 e. The summed E-state index contributed by atoms with van der Waals surface area (Å²) in [5.41, 5.74) is -0.267. The number of rotatable bonds is 2. The summed E-state index contributed by atoms with van der Waals surface area (Å²) in [6.45, 7) is 18.7. The van der Waals surface area contributed by atoms with Crippen molar-refractivity contribution in [3.8, 4) is 0 Å². The van der Waals surface area contributed by atoms with Crippen LogP contribution >= 0.6 is 11.3 Å². The Labute approximate surface area is 150 Å². The largest absolute Gasteiger partial charge is 0.505 e. The van der Waals surface area contributed by atoms with Gasteiger partial charge in [0.1, 0.15) is 0 Å². The molecule has 0 aromatic carbocycles. The van der Waals surface area contributed by atoms with E-state index in [2.05, 4.69) is 68.4 Å². The fourth-order valence-corrected chi connectivity index (χ4v) is 3.80. The minimum absolute atomic E-state index is 0.333. The molecule has 0 bridgehead atoms. The Morgan fingerprint density at radius 2 is 1.08 bits per heavy atom. The van der Waals surface area contributed by atoms with Crippen LogP contribution in [0.15, 0.2) is 6.07 Å². The lowest BCUT2D eigenvalue weighted by atomic mass is 9.76. The zero-order chi connectivity index (χ0) is 18.1. The number of aryl methyl sites for hydroxylation is 1. The molecule has 0 amide bonds.